The zero-order valence-corrected chi connectivity index (χ0v) is 13.8. The summed E-state index contributed by atoms with van der Waals surface area (Å²) in [6.07, 6.45) is 3.65. The number of aryl methyl sites for hydroxylation is 2. The van der Waals surface area contributed by atoms with E-state index in [1.54, 1.807) is 12.4 Å². The standard InChI is InChI=1S/C18H15N5O2/c1-11-5-6-13(8-12(11)2)18-22-21-16(24-18)9-15-20-17(23-25-15)14-4-3-7-19-10-14/h3-8,10H,9H2,1-2H3. The Morgan fingerprint density at radius 3 is 2.68 bits per heavy atom. The average Bonchev–Trinajstić information content (AvgIpc) is 3.28. The van der Waals surface area contributed by atoms with Crippen molar-refractivity contribution >= 4 is 0 Å². The summed E-state index contributed by atoms with van der Waals surface area (Å²) in [5.74, 6) is 1.80. The van der Waals surface area contributed by atoms with Crippen LogP contribution in [0.3, 0.4) is 0 Å². The van der Waals surface area contributed by atoms with Crippen molar-refractivity contribution < 1.29 is 8.94 Å². The van der Waals surface area contributed by atoms with Crippen LogP contribution in [0.15, 0.2) is 51.7 Å². The summed E-state index contributed by atoms with van der Waals surface area (Å²) in [5.41, 5.74) is 4.08. The van der Waals surface area contributed by atoms with Gasteiger partial charge in [-0.3, -0.25) is 4.98 Å². The number of benzene rings is 1. The molecule has 0 saturated heterocycles. The van der Waals surface area contributed by atoms with Crippen LogP contribution in [0.4, 0.5) is 0 Å². The maximum atomic E-state index is 5.72. The Labute approximate surface area is 143 Å². The molecule has 0 unspecified atom stereocenters. The van der Waals surface area contributed by atoms with Crippen molar-refractivity contribution in [2.24, 2.45) is 0 Å². The highest BCUT2D eigenvalue weighted by molar-refractivity contribution is 5.55. The van der Waals surface area contributed by atoms with Crippen LogP contribution in [0.25, 0.3) is 22.8 Å². The van der Waals surface area contributed by atoms with Gasteiger partial charge in [0, 0.05) is 23.5 Å². The van der Waals surface area contributed by atoms with Crippen LogP contribution in [0, 0.1) is 13.8 Å². The SMILES string of the molecule is Cc1ccc(-c2nnc(Cc3nc(-c4cccnc4)no3)o2)cc1C. The second kappa shape index (κ2) is 6.27. The molecule has 0 aliphatic carbocycles. The monoisotopic (exact) mass is 333 g/mol. The fourth-order valence-electron chi connectivity index (χ4n) is 2.38. The van der Waals surface area contributed by atoms with E-state index in [-0.39, 0.29) is 6.42 Å². The Bertz CT molecular complexity index is 1010. The van der Waals surface area contributed by atoms with Gasteiger partial charge in [0.05, 0.1) is 0 Å². The van der Waals surface area contributed by atoms with Crippen molar-refractivity contribution in [1.29, 1.82) is 0 Å². The first-order chi connectivity index (χ1) is 12.2. The first-order valence-electron chi connectivity index (χ1n) is 7.82. The molecule has 0 fully saturated rings. The summed E-state index contributed by atoms with van der Waals surface area (Å²) in [5, 5.41) is 12.1. The molecule has 0 atom stereocenters. The van der Waals surface area contributed by atoms with Gasteiger partial charge in [-0.25, -0.2) is 0 Å². The van der Waals surface area contributed by atoms with E-state index >= 15 is 0 Å². The van der Waals surface area contributed by atoms with Gasteiger partial charge in [0.1, 0.15) is 6.42 Å². The van der Waals surface area contributed by atoms with Crippen molar-refractivity contribution in [3.63, 3.8) is 0 Å². The van der Waals surface area contributed by atoms with Crippen molar-refractivity contribution in [3.8, 4) is 22.8 Å². The lowest BCUT2D eigenvalue weighted by Gasteiger charge is -2.00. The number of pyridine rings is 1. The van der Waals surface area contributed by atoms with Crippen molar-refractivity contribution in [3.05, 3.63) is 65.6 Å². The van der Waals surface area contributed by atoms with Crippen molar-refractivity contribution in [1.82, 2.24) is 25.3 Å². The highest BCUT2D eigenvalue weighted by atomic mass is 16.5. The van der Waals surface area contributed by atoms with Gasteiger partial charge in [0.15, 0.2) is 0 Å². The normalized spacial score (nSPS) is 11.0. The average molecular weight is 333 g/mol. The van der Waals surface area contributed by atoms with Crippen LogP contribution in [-0.4, -0.2) is 25.3 Å². The molecule has 25 heavy (non-hydrogen) atoms. The molecule has 3 aromatic heterocycles. The first-order valence-corrected chi connectivity index (χ1v) is 7.82. The quantitative estimate of drug-likeness (QED) is 0.565. The smallest absolute Gasteiger partial charge is 0.247 e. The highest BCUT2D eigenvalue weighted by Gasteiger charge is 2.14. The lowest BCUT2D eigenvalue weighted by atomic mass is 10.1. The van der Waals surface area contributed by atoms with E-state index in [4.69, 9.17) is 8.94 Å². The zero-order valence-electron chi connectivity index (χ0n) is 13.8. The Morgan fingerprint density at radius 1 is 0.960 bits per heavy atom. The van der Waals surface area contributed by atoms with Gasteiger partial charge in [-0.1, -0.05) is 11.2 Å². The molecule has 0 amide bonds. The Balaban J connectivity index is 1.53. The number of hydrogen-bond acceptors (Lipinski definition) is 7. The van der Waals surface area contributed by atoms with Gasteiger partial charge in [-0.05, 0) is 49.2 Å². The number of hydrogen-bond donors (Lipinski definition) is 0. The summed E-state index contributed by atoms with van der Waals surface area (Å²) in [6, 6.07) is 9.71. The minimum absolute atomic E-state index is 0.283. The van der Waals surface area contributed by atoms with E-state index in [2.05, 4.69) is 39.2 Å². The number of aromatic nitrogens is 5. The van der Waals surface area contributed by atoms with Crippen LogP contribution in [0.5, 0.6) is 0 Å². The van der Waals surface area contributed by atoms with Crippen LogP contribution < -0.4 is 0 Å². The van der Waals surface area contributed by atoms with Crippen LogP contribution >= 0.6 is 0 Å². The molecule has 0 spiro atoms. The highest BCUT2D eigenvalue weighted by Crippen LogP contribution is 2.22. The van der Waals surface area contributed by atoms with Gasteiger partial charge in [-0.2, -0.15) is 4.98 Å². The third-order valence-electron chi connectivity index (χ3n) is 3.91. The maximum absolute atomic E-state index is 5.72. The zero-order chi connectivity index (χ0) is 17.2. The summed E-state index contributed by atoms with van der Waals surface area (Å²) >= 11 is 0. The molecule has 4 aromatic rings. The van der Waals surface area contributed by atoms with E-state index in [9.17, 15) is 0 Å². The van der Waals surface area contributed by atoms with E-state index < -0.39 is 0 Å². The molecule has 0 radical (unpaired) electrons. The number of rotatable bonds is 4. The van der Waals surface area contributed by atoms with E-state index in [1.807, 2.05) is 30.3 Å². The van der Waals surface area contributed by atoms with E-state index in [1.165, 1.54) is 11.1 Å². The minimum Gasteiger partial charge on any atom is -0.420 e. The molecule has 3 heterocycles. The molecule has 124 valence electrons. The van der Waals surface area contributed by atoms with Gasteiger partial charge < -0.3 is 8.94 Å². The van der Waals surface area contributed by atoms with Crippen molar-refractivity contribution in [2.45, 2.75) is 20.3 Å². The second-order valence-corrected chi connectivity index (χ2v) is 5.73. The lowest BCUT2D eigenvalue weighted by molar-refractivity contribution is 0.374. The fraction of sp³-hybridized carbons (Fsp3) is 0.167. The molecule has 7 heteroatoms. The van der Waals surface area contributed by atoms with Crippen molar-refractivity contribution in [2.75, 3.05) is 0 Å². The minimum atomic E-state index is 0.283. The summed E-state index contributed by atoms with van der Waals surface area (Å²) in [7, 11) is 0. The molecule has 0 aliphatic rings. The van der Waals surface area contributed by atoms with Crippen LogP contribution in [-0.2, 0) is 6.42 Å². The van der Waals surface area contributed by atoms with Gasteiger partial charge in [0.2, 0.25) is 23.5 Å². The molecule has 7 nitrogen and oxygen atoms in total. The fourth-order valence-corrected chi connectivity index (χ4v) is 2.38. The molecule has 0 bridgehead atoms. The van der Waals surface area contributed by atoms with Crippen LogP contribution in [0.2, 0.25) is 0 Å². The lowest BCUT2D eigenvalue weighted by Crippen LogP contribution is -1.89. The summed E-state index contributed by atoms with van der Waals surface area (Å²) < 4.78 is 11.0. The number of nitrogens with zero attached hydrogens (tertiary/aromatic N) is 5. The van der Waals surface area contributed by atoms with Gasteiger partial charge in [-0.15, -0.1) is 10.2 Å². The molecule has 1 aromatic carbocycles. The molecular weight excluding hydrogens is 318 g/mol. The summed E-state index contributed by atoms with van der Waals surface area (Å²) in [6.45, 7) is 4.11. The second-order valence-electron chi connectivity index (χ2n) is 5.73. The summed E-state index contributed by atoms with van der Waals surface area (Å²) in [4.78, 5) is 8.38. The van der Waals surface area contributed by atoms with E-state index in [0.717, 1.165) is 11.1 Å². The van der Waals surface area contributed by atoms with E-state index in [0.29, 0.717) is 23.5 Å². The van der Waals surface area contributed by atoms with Gasteiger partial charge in [0.25, 0.3) is 0 Å². The Hall–Kier alpha value is -3.35. The Kier molecular flexibility index (Phi) is 3.81. The molecule has 0 aliphatic heterocycles. The molecule has 0 saturated carbocycles. The first kappa shape index (κ1) is 15.2. The van der Waals surface area contributed by atoms with Gasteiger partial charge >= 0.3 is 0 Å². The predicted octanol–water partition coefficient (Wildman–Crippen LogP) is 3.39. The molecular formula is C18H15N5O2. The predicted molar refractivity (Wildman–Crippen MR) is 89.5 cm³/mol. The Morgan fingerprint density at radius 2 is 1.88 bits per heavy atom. The largest absolute Gasteiger partial charge is 0.420 e. The molecule has 0 N–H and O–H groups in total. The molecule has 4 rings (SSSR count). The third-order valence-corrected chi connectivity index (χ3v) is 3.91. The third kappa shape index (κ3) is 3.16. The maximum Gasteiger partial charge on any atom is 0.247 e. The van der Waals surface area contributed by atoms with Crippen LogP contribution in [0.1, 0.15) is 22.9 Å². The topological polar surface area (TPSA) is 90.7 Å².